The van der Waals surface area contributed by atoms with Gasteiger partial charge < -0.3 is 15.2 Å². The number of thiazole rings is 1. The summed E-state index contributed by atoms with van der Waals surface area (Å²) in [6, 6.07) is 14.0. The molecular formula is C26H25FN2O4S. The van der Waals surface area contributed by atoms with Crippen molar-refractivity contribution in [2.24, 2.45) is 5.41 Å². The van der Waals surface area contributed by atoms with E-state index >= 15 is 0 Å². The molecule has 0 aliphatic rings. The number of benzene rings is 3. The van der Waals surface area contributed by atoms with E-state index in [4.69, 9.17) is 4.74 Å². The number of nitrogens with one attached hydrogen (secondary N) is 1. The van der Waals surface area contributed by atoms with Crippen LogP contribution in [0.2, 0.25) is 0 Å². The van der Waals surface area contributed by atoms with Crippen molar-refractivity contribution < 1.29 is 23.8 Å². The number of aromatic nitrogens is 1. The Kier molecular flexibility index (Phi) is 6.52. The van der Waals surface area contributed by atoms with Crippen LogP contribution in [0.4, 0.5) is 4.39 Å². The second-order valence-corrected chi connectivity index (χ2v) is 10.4. The average molecular weight is 481 g/mol. The highest BCUT2D eigenvalue weighted by molar-refractivity contribution is 7.18. The van der Waals surface area contributed by atoms with Crippen LogP contribution in [0.3, 0.4) is 0 Å². The van der Waals surface area contributed by atoms with Crippen molar-refractivity contribution in [2.75, 3.05) is 0 Å². The molecule has 1 aromatic heterocycles. The molecule has 3 aromatic carbocycles. The molecule has 0 bridgehead atoms. The first-order valence-electron chi connectivity index (χ1n) is 10.8. The number of ether oxygens (including phenoxy) is 1. The van der Waals surface area contributed by atoms with Gasteiger partial charge in [0, 0.05) is 5.39 Å². The Hall–Kier alpha value is -3.52. The first-order chi connectivity index (χ1) is 16.1. The Labute approximate surface area is 200 Å². The number of carboxylic acid groups (broad SMARTS) is 1. The lowest BCUT2D eigenvalue weighted by Gasteiger charge is -2.24. The van der Waals surface area contributed by atoms with Crippen LogP contribution in [-0.2, 0) is 11.4 Å². The van der Waals surface area contributed by atoms with E-state index in [-0.39, 0.29) is 29.8 Å². The SMILES string of the molecule is CC(C)(C)C[C@H](NC(=O)c1ccc2cc(F)ccc2c1OCc1nc2ccccc2s1)C(=O)O. The predicted molar refractivity (Wildman–Crippen MR) is 131 cm³/mol. The van der Waals surface area contributed by atoms with Gasteiger partial charge in [0.2, 0.25) is 0 Å². The van der Waals surface area contributed by atoms with Gasteiger partial charge in [-0.2, -0.15) is 0 Å². The van der Waals surface area contributed by atoms with Gasteiger partial charge in [0.1, 0.15) is 29.2 Å². The van der Waals surface area contributed by atoms with Gasteiger partial charge >= 0.3 is 5.97 Å². The number of carbonyl (C=O) groups is 2. The van der Waals surface area contributed by atoms with Crippen LogP contribution < -0.4 is 10.1 Å². The van der Waals surface area contributed by atoms with Crippen LogP contribution in [0.15, 0.2) is 54.6 Å². The third kappa shape index (κ3) is 5.34. The molecule has 0 aliphatic carbocycles. The first kappa shape index (κ1) is 23.6. The zero-order valence-electron chi connectivity index (χ0n) is 19.1. The molecule has 0 aliphatic heterocycles. The highest BCUT2D eigenvalue weighted by atomic mass is 32.1. The van der Waals surface area contributed by atoms with E-state index in [9.17, 15) is 19.1 Å². The van der Waals surface area contributed by atoms with Crippen LogP contribution in [0.25, 0.3) is 21.0 Å². The minimum absolute atomic E-state index is 0.112. The molecular weight excluding hydrogens is 455 g/mol. The lowest BCUT2D eigenvalue weighted by Crippen LogP contribution is -2.43. The summed E-state index contributed by atoms with van der Waals surface area (Å²) in [5, 5.41) is 14.1. The summed E-state index contributed by atoms with van der Waals surface area (Å²) >= 11 is 1.49. The summed E-state index contributed by atoms with van der Waals surface area (Å²) in [6.07, 6.45) is 0.259. The standard InChI is InChI=1S/C26H25FN2O4S/c1-26(2,3)13-20(25(31)32)29-24(30)18-10-8-15-12-16(27)9-11-17(15)23(18)33-14-22-28-19-6-4-5-7-21(19)34-22/h4-12,20H,13-14H2,1-3H3,(H,29,30)(H,31,32)/t20-/m0/s1. The molecule has 0 spiro atoms. The van der Waals surface area contributed by atoms with Gasteiger partial charge in [-0.3, -0.25) is 4.79 Å². The number of hydrogen-bond acceptors (Lipinski definition) is 5. The van der Waals surface area contributed by atoms with Crippen LogP contribution in [0.1, 0.15) is 42.6 Å². The molecule has 1 atom stereocenters. The molecule has 0 saturated heterocycles. The first-order valence-corrected chi connectivity index (χ1v) is 11.7. The monoisotopic (exact) mass is 480 g/mol. The Morgan fingerprint density at radius 3 is 2.62 bits per heavy atom. The number of fused-ring (bicyclic) bond motifs is 2. The minimum atomic E-state index is -1.11. The molecule has 8 heteroatoms. The Balaban J connectivity index is 1.68. The molecule has 34 heavy (non-hydrogen) atoms. The number of rotatable bonds is 7. The van der Waals surface area contributed by atoms with Crippen molar-refractivity contribution in [3.05, 3.63) is 71.0 Å². The van der Waals surface area contributed by atoms with Gasteiger partial charge in [0.05, 0.1) is 15.8 Å². The van der Waals surface area contributed by atoms with Crippen molar-refractivity contribution in [3.63, 3.8) is 0 Å². The van der Waals surface area contributed by atoms with Gasteiger partial charge in [0.25, 0.3) is 5.91 Å². The highest BCUT2D eigenvalue weighted by Crippen LogP contribution is 2.33. The molecule has 0 radical (unpaired) electrons. The number of nitrogens with zero attached hydrogens (tertiary/aromatic N) is 1. The topological polar surface area (TPSA) is 88.5 Å². The fourth-order valence-electron chi connectivity index (χ4n) is 3.77. The number of hydrogen-bond donors (Lipinski definition) is 2. The molecule has 0 fully saturated rings. The second kappa shape index (κ2) is 9.38. The fourth-order valence-corrected chi connectivity index (χ4v) is 4.65. The lowest BCUT2D eigenvalue weighted by atomic mass is 9.88. The number of carbonyl (C=O) groups excluding carboxylic acids is 1. The fraction of sp³-hybridized carbons (Fsp3) is 0.269. The third-order valence-electron chi connectivity index (χ3n) is 5.28. The molecule has 0 saturated carbocycles. The minimum Gasteiger partial charge on any atom is -0.485 e. The number of amides is 1. The third-order valence-corrected chi connectivity index (χ3v) is 6.29. The van der Waals surface area contributed by atoms with E-state index in [1.165, 1.54) is 29.5 Å². The van der Waals surface area contributed by atoms with Crippen LogP contribution >= 0.6 is 11.3 Å². The van der Waals surface area contributed by atoms with E-state index in [1.807, 2.05) is 45.0 Å². The maximum Gasteiger partial charge on any atom is 0.326 e. The second-order valence-electron chi connectivity index (χ2n) is 9.30. The maximum atomic E-state index is 13.8. The van der Waals surface area contributed by atoms with Gasteiger partial charge in [-0.1, -0.05) is 39.0 Å². The molecule has 2 N–H and O–H groups in total. The van der Waals surface area contributed by atoms with Crippen LogP contribution in [0, 0.1) is 11.2 Å². The molecule has 1 amide bonds. The van der Waals surface area contributed by atoms with Gasteiger partial charge in [0.15, 0.2) is 0 Å². The molecule has 176 valence electrons. The Morgan fingerprint density at radius 2 is 1.91 bits per heavy atom. The van der Waals surface area contributed by atoms with E-state index in [1.54, 1.807) is 12.1 Å². The Morgan fingerprint density at radius 1 is 1.15 bits per heavy atom. The smallest absolute Gasteiger partial charge is 0.326 e. The van der Waals surface area contributed by atoms with Crippen molar-refractivity contribution >= 4 is 44.2 Å². The van der Waals surface area contributed by atoms with Gasteiger partial charge in [-0.05, 0) is 53.6 Å². The van der Waals surface area contributed by atoms with Crippen molar-refractivity contribution in [1.82, 2.24) is 10.3 Å². The largest absolute Gasteiger partial charge is 0.485 e. The molecule has 6 nitrogen and oxygen atoms in total. The van der Waals surface area contributed by atoms with E-state index in [0.29, 0.717) is 10.8 Å². The molecule has 0 unspecified atom stereocenters. The quantitative estimate of drug-likeness (QED) is 0.350. The van der Waals surface area contributed by atoms with E-state index < -0.39 is 23.7 Å². The van der Waals surface area contributed by atoms with Crippen LogP contribution in [0.5, 0.6) is 5.75 Å². The summed E-state index contributed by atoms with van der Waals surface area (Å²) in [6.45, 7) is 5.84. The molecule has 1 heterocycles. The maximum absolute atomic E-state index is 13.8. The normalized spacial score (nSPS) is 12.6. The van der Waals surface area contributed by atoms with Gasteiger partial charge in [-0.15, -0.1) is 11.3 Å². The highest BCUT2D eigenvalue weighted by Gasteiger charge is 2.28. The number of carboxylic acids is 1. The number of aliphatic carboxylic acids is 1. The zero-order chi connectivity index (χ0) is 24.5. The van der Waals surface area contributed by atoms with Crippen molar-refractivity contribution in [3.8, 4) is 5.75 Å². The van der Waals surface area contributed by atoms with Crippen molar-refractivity contribution in [1.29, 1.82) is 0 Å². The van der Waals surface area contributed by atoms with E-state index in [2.05, 4.69) is 10.3 Å². The molecule has 4 aromatic rings. The van der Waals surface area contributed by atoms with Crippen molar-refractivity contribution in [2.45, 2.75) is 39.8 Å². The number of para-hydroxylation sites is 1. The summed E-state index contributed by atoms with van der Waals surface area (Å²) in [7, 11) is 0. The zero-order valence-corrected chi connectivity index (χ0v) is 19.9. The predicted octanol–water partition coefficient (Wildman–Crippen LogP) is 5.79. The van der Waals surface area contributed by atoms with E-state index in [0.717, 1.165) is 15.2 Å². The summed E-state index contributed by atoms with van der Waals surface area (Å²) in [4.78, 5) is 29.5. The average Bonchev–Trinajstić information content (AvgIpc) is 3.18. The number of halogens is 1. The summed E-state index contributed by atoms with van der Waals surface area (Å²) in [5.74, 6) is -1.82. The summed E-state index contributed by atoms with van der Waals surface area (Å²) in [5.41, 5.74) is 0.736. The Bertz CT molecular complexity index is 1340. The van der Waals surface area contributed by atoms with Gasteiger partial charge in [-0.25, -0.2) is 14.2 Å². The molecule has 4 rings (SSSR count). The van der Waals surface area contributed by atoms with Crippen LogP contribution in [-0.4, -0.2) is 28.0 Å². The summed E-state index contributed by atoms with van der Waals surface area (Å²) < 4.78 is 20.9. The lowest BCUT2D eigenvalue weighted by molar-refractivity contribution is -0.140.